The molecule has 1 aliphatic rings. The summed E-state index contributed by atoms with van der Waals surface area (Å²) in [6.07, 6.45) is 7.83. The summed E-state index contributed by atoms with van der Waals surface area (Å²) in [5.74, 6) is 0.887. The molecule has 18 heavy (non-hydrogen) atoms. The van der Waals surface area contributed by atoms with Crippen LogP contribution in [0.2, 0.25) is 0 Å². The van der Waals surface area contributed by atoms with Crippen molar-refractivity contribution < 1.29 is 4.92 Å². The van der Waals surface area contributed by atoms with E-state index in [4.69, 9.17) is 0 Å². The van der Waals surface area contributed by atoms with Gasteiger partial charge in [0.15, 0.2) is 0 Å². The van der Waals surface area contributed by atoms with Crippen LogP contribution in [0.1, 0.15) is 38.5 Å². The monoisotopic (exact) mass is 248 g/mol. The molecule has 0 bridgehead atoms. The molecule has 1 aromatic carbocycles. The lowest BCUT2D eigenvalue weighted by Gasteiger charge is -2.10. The first-order valence-electron chi connectivity index (χ1n) is 6.74. The molecule has 1 saturated carbocycles. The summed E-state index contributed by atoms with van der Waals surface area (Å²) >= 11 is 0. The van der Waals surface area contributed by atoms with Crippen molar-refractivity contribution >= 4 is 11.4 Å². The van der Waals surface area contributed by atoms with E-state index in [2.05, 4.69) is 5.32 Å². The number of nitrogens with one attached hydrogen (secondary N) is 1. The Morgan fingerprint density at radius 2 is 2.00 bits per heavy atom. The van der Waals surface area contributed by atoms with Crippen molar-refractivity contribution in [3.8, 4) is 0 Å². The van der Waals surface area contributed by atoms with E-state index in [0.29, 0.717) is 5.69 Å². The fraction of sp³-hybridized carbons (Fsp3) is 0.571. The summed E-state index contributed by atoms with van der Waals surface area (Å²) in [6, 6.07) is 6.83. The first-order valence-corrected chi connectivity index (χ1v) is 6.74. The van der Waals surface area contributed by atoms with Gasteiger partial charge in [0, 0.05) is 12.6 Å². The van der Waals surface area contributed by atoms with E-state index in [1.165, 1.54) is 32.1 Å². The largest absolute Gasteiger partial charge is 0.379 e. The lowest BCUT2D eigenvalue weighted by Crippen LogP contribution is -2.06. The first-order chi connectivity index (χ1) is 8.77. The van der Waals surface area contributed by atoms with Crippen molar-refractivity contribution in [2.24, 2.45) is 5.92 Å². The third-order valence-electron chi connectivity index (χ3n) is 3.68. The number of nitro groups is 1. The predicted octanol–water partition coefficient (Wildman–Crippen LogP) is 3.98. The second-order valence-corrected chi connectivity index (χ2v) is 4.99. The van der Waals surface area contributed by atoms with Gasteiger partial charge in [0.05, 0.1) is 4.92 Å². The fourth-order valence-electron chi connectivity index (χ4n) is 2.70. The molecule has 0 unspecified atom stereocenters. The molecule has 0 atom stereocenters. The highest BCUT2D eigenvalue weighted by atomic mass is 16.6. The molecular formula is C14H20N2O2. The van der Waals surface area contributed by atoms with Gasteiger partial charge in [0.25, 0.3) is 5.69 Å². The Labute approximate surface area is 108 Å². The zero-order valence-corrected chi connectivity index (χ0v) is 10.6. The van der Waals surface area contributed by atoms with Crippen LogP contribution in [0.25, 0.3) is 0 Å². The molecule has 0 spiro atoms. The molecule has 98 valence electrons. The van der Waals surface area contributed by atoms with Gasteiger partial charge in [-0.1, -0.05) is 37.8 Å². The van der Waals surface area contributed by atoms with Crippen LogP contribution in [-0.2, 0) is 0 Å². The van der Waals surface area contributed by atoms with Gasteiger partial charge in [-0.3, -0.25) is 10.1 Å². The Balaban J connectivity index is 1.77. The average Bonchev–Trinajstić information content (AvgIpc) is 2.88. The fourth-order valence-corrected chi connectivity index (χ4v) is 2.70. The van der Waals surface area contributed by atoms with Crippen LogP contribution in [0.15, 0.2) is 24.3 Å². The normalized spacial score (nSPS) is 15.8. The molecule has 4 heteroatoms. The van der Waals surface area contributed by atoms with Gasteiger partial charge in [0.1, 0.15) is 5.69 Å². The van der Waals surface area contributed by atoms with Crippen molar-refractivity contribution in [2.75, 3.05) is 11.9 Å². The molecule has 2 rings (SSSR count). The smallest absolute Gasteiger partial charge is 0.292 e. The van der Waals surface area contributed by atoms with E-state index in [1.54, 1.807) is 18.2 Å². The van der Waals surface area contributed by atoms with Crippen molar-refractivity contribution in [3.63, 3.8) is 0 Å². The molecule has 0 saturated heterocycles. The van der Waals surface area contributed by atoms with Gasteiger partial charge < -0.3 is 5.32 Å². The molecule has 1 fully saturated rings. The van der Waals surface area contributed by atoms with Crippen molar-refractivity contribution in [1.82, 2.24) is 0 Å². The van der Waals surface area contributed by atoms with Gasteiger partial charge in [-0.15, -0.1) is 0 Å². The maximum absolute atomic E-state index is 10.8. The van der Waals surface area contributed by atoms with Gasteiger partial charge in [-0.2, -0.15) is 0 Å². The molecule has 1 N–H and O–H groups in total. The summed E-state index contributed by atoms with van der Waals surface area (Å²) in [4.78, 5) is 10.5. The second kappa shape index (κ2) is 6.38. The number of anilines is 1. The molecule has 0 amide bonds. The number of para-hydroxylation sites is 2. The highest BCUT2D eigenvalue weighted by Crippen LogP contribution is 2.29. The van der Waals surface area contributed by atoms with E-state index in [-0.39, 0.29) is 10.6 Å². The molecule has 1 aromatic rings. The van der Waals surface area contributed by atoms with Gasteiger partial charge in [0.2, 0.25) is 0 Å². The molecule has 4 nitrogen and oxygen atoms in total. The van der Waals surface area contributed by atoms with E-state index < -0.39 is 0 Å². The lowest BCUT2D eigenvalue weighted by molar-refractivity contribution is -0.384. The van der Waals surface area contributed by atoms with Crippen LogP contribution in [0, 0.1) is 16.0 Å². The second-order valence-electron chi connectivity index (χ2n) is 4.99. The summed E-state index contributed by atoms with van der Waals surface area (Å²) in [5.41, 5.74) is 0.798. The lowest BCUT2D eigenvalue weighted by atomic mass is 10.0. The molecule has 0 aromatic heterocycles. The quantitative estimate of drug-likeness (QED) is 0.470. The number of hydrogen-bond acceptors (Lipinski definition) is 3. The van der Waals surface area contributed by atoms with Crippen molar-refractivity contribution in [2.45, 2.75) is 38.5 Å². The zero-order chi connectivity index (χ0) is 12.8. The Hall–Kier alpha value is -1.58. The van der Waals surface area contributed by atoms with Gasteiger partial charge >= 0.3 is 0 Å². The SMILES string of the molecule is O=[N+]([O-])c1ccccc1NCCCC1CCCC1. The number of nitrogens with zero attached hydrogens (tertiary/aromatic N) is 1. The standard InChI is InChI=1S/C14H20N2O2/c17-16(18)14-10-4-3-9-13(14)15-11-5-8-12-6-1-2-7-12/h3-4,9-10,12,15H,1-2,5-8,11H2. The number of nitro benzene ring substituents is 1. The van der Waals surface area contributed by atoms with Crippen molar-refractivity contribution in [1.29, 1.82) is 0 Å². The third-order valence-corrected chi connectivity index (χ3v) is 3.68. The van der Waals surface area contributed by atoms with Crippen LogP contribution in [-0.4, -0.2) is 11.5 Å². The minimum Gasteiger partial charge on any atom is -0.379 e. The highest BCUT2D eigenvalue weighted by molar-refractivity contribution is 5.60. The molecule has 0 radical (unpaired) electrons. The third kappa shape index (κ3) is 3.45. The maximum atomic E-state index is 10.8. The van der Waals surface area contributed by atoms with E-state index >= 15 is 0 Å². The Morgan fingerprint density at radius 1 is 1.28 bits per heavy atom. The number of benzene rings is 1. The summed E-state index contributed by atoms with van der Waals surface area (Å²) in [7, 11) is 0. The highest BCUT2D eigenvalue weighted by Gasteiger charge is 2.15. The summed E-state index contributed by atoms with van der Waals surface area (Å²) in [5, 5.41) is 14.0. The topological polar surface area (TPSA) is 55.2 Å². The average molecular weight is 248 g/mol. The van der Waals surface area contributed by atoms with Gasteiger partial charge in [-0.05, 0) is 24.8 Å². The Kier molecular flexibility index (Phi) is 4.56. The summed E-state index contributed by atoms with van der Waals surface area (Å²) < 4.78 is 0. The van der Waals surface area contributed by atoms with E-state index in [0.717, 1.165) is 18.9 Å². The van der Waals surface area contributed by atoms with Crippen LogP contribution in [0.5, 0.6) is 0 Å². The zero-order valence-electron chi connectivity index (χ0n) is 10.6. The van der Waals surface area contributed by atoms with E-state index in [1.807, 2.05) is 6.07 Å². The molecular weight excluding hydrogens is 228 g/mol. The first kappa shape index (κ1) is 12.9. The Morgan fingerprint density at radius 3 is 2.72 bits per heavy atom. The molecule has 0 aliphatic heterocycles. The van der Waals surface area contributed by atoms with Crippen LogP contribution in [0.4, 0.5) is 11.4 Å². The molecule has 1 aliphatic carbocycles. The predicted molar refractivity (Wildman–Crippen MR) is 72.8 cm³/mol. The minimum absolute atomic E-state index is 0.165. The number of rotatable bonds is 6. The van der Waals surface area contributed by atoms with E-state index in [9.17, 15) is 10.1 Å². The minimum atomic E-state index is -0.334. The maximum Gasteiger partial charge on any atom is 0.292 e. The van der Waals surface area contributed by atoms with Crippen LogP contribution >= 0.6 is 0 Å². The molecule has 0 heterocycles. The summed E-state index contributed by atoms with van der Waals surface area (Å²) in [6.45, 7) is 0.821. The van der Waals surface area contributed by atoms with Crippen molar-refractivity contribution in [3.05, 3.63) is 34.4 Å². The van der Waals surface area contributed by atoms with Crippen LogP contribution < -0.4 is 5.32 Å². The Bertz CT molecular complexity index is 401. The number of hydrogen-bond donors (Lipinski definition) is 1. The van der Waals surface area contributed by atoms with Crippen LogP contribution in [0.3, 0.4) is 0 Å². The van der Waals surface area contributed by atoms with Gasteiger partial charge in [-0.25, -0.2) is 0 Å².